The molecule has 0 heterocycles. The van der Waals surface area contributed by atoms with Gasteiger partial charge in [-0.1, -0.05) is 15.9 Å². The zero-order valence-corrected chi connectivity index (χ0v) is 16.2. The lowest BCUT2D eigenvalue weighted by Gasteiger charge is -2.10. The van der Waals surface area contributed by atoms with Gasteiger partial charge in [0.05, 0.1) is 11.5 Å². The molecule has 8 heteroatoms. The molecular formula is C19H16BrN3O4. The average Bonchev–Trinajstić information content (AvgIpc) is 2.63. The first-order valence-electron chi connectivity index (χ1n) is 7.96. The number of nitro benzene ring substituents is 1. The highest BCUT2D eigenvalue weighted by Crippen LogP contribution is 2.26. The van der Waals surface area contributed by atoms with Gasteiger partial charge in [0, 0.05) is 27.9 Å². The van der Waals surface area contributed by atoms with E-state index in [2.05, 4.69) is 21.2 Å². The second-order valence-electron chi connectivity index (χ2n) is 5.50. The minimum Gasteiger partial charge on any atom is -0.493 e. The molecule has 0 bridgehead atoms. The van der Waals surface area contributed by atoms with Gasteiger partial charge in [-0.3, -0.25) is 14.9 Å². The molecule has 0 aromatic heterocycles. The van der Waals surface area contributed by atoms with Crippen molar-refractivity contribution in [2.24, 2.45) is 0 Å². The predicted octanol–water partition coefficient (Wildman–Crippen LogP) is 4.61. The topological polar surface area (TPSA) is 105 Å². The Hall–Kier alpha value is -3.18. The number of amides is 1. The molecular weight excluding hydrogens is 414 g/mol. The molecule has 0 spiro atoms. The number of anilines is 1. The molecule has 0 aliphatic carbocycles. The van der Waals surface area contributed by atoms with Gasteiger partial charge < -0.3 is 10.1 Å². The average molecular weight is 430 g/mol. The summed E-state index contributed by atoms with van der Waals surface area (Å²) >= 11 is 3.35. The molecule has 0 atom stereocenters. The number of carbonyl (C=O) groups is 1. The lowest BCUT2D eigenvalue weighted by atomic mass is 10.1. The second-order valence-corrected chi connectivity index (χ2v) is 6.41. The number of ether oxygens (including phenoxy) is 1. The molecule has 0 aliphatic rings. The third-order valence-electron chi connectivity index (χ3n) is 3.61. The zero-order valence-electron chi connectivity index (χ0n) is 14.7. The number of nitriles is 1. The summed E-state index contributed by atoms with van der Waals surface area (Å²) in [6.45, 7) is 3.92. The van der Waals surface area contributed by atoms with Crippen molar-refractivity contribution >= 4 is 39.3 Å². The van der Waals surface area contributed by atoms with Gasteiger partial charge in [0.1, 0.15) is 17.4 Å². The first-order chi connectivity index (χ1) is 12.8. The van der Waals surface area contributed by atoms with E-state index in [1.807, 2.05) is 13.0 Å². The van der Waals surface area contributed by atoms with E-state index in [4.69, 9.17) is 4.74 Å². The SMILES string of the molecule is CCOc1ccc(Br)cc1/C=C(\C#N)C(=O)Nc1ccc([N+](=O)[O-])cc1C. The minimum atomic E-state index is -0.614. The Morgan fingerprint density at radius 2 is 2.11 bits per heavy atom. The van der Waals surface area contributed by atoms with Crippen LogP contribution in [-0.2, 0) is 4.79 Å². The molecule has 0 unspecified atom stereocenters. The van der Waals surface area contributed by atoms with Crippen molar-refractivity contribution in [2.45, 2.75) is 13.8 Å². The van der Waals surface area contributed by atoms with Crippen molar-refractivity contribution in [2.75, 3.05) is 11.9 Å². The third-order valence-corrected chi connectivity index (χ3v) is 4.10. The van der Waals surface area contributed by atoms with Gasteiger partial charge in [-0.2, -0.15) is 5.26 Å². The number of aryl methyl sites for hydroxylation is 1. The summed E-state index contributed by atoms with van der Waals surface area (Å²) in [6.07, 6.45) is 1.44. The number of nitro groups is 1. The highest BCUT2D eigenvalue weighted by atomic mass is 79.9. The smallest absolute Gasteiger partial charge is 0.269 e. The first-order valence-corrected chi connectivity index (χ1v) is 8.75. The molecule has 0 radical (unpaired) electrons. The summed E-state index contributed by atoms with van der Waals surface area (Å²) in [5.74, 6) is -0.0651. The first kappa shape index (κ1) is 20.1. The van der Waals surface area contributed by atoms with Crippen LogP contribution in [0.5, 0.6) is 5.75 Å². The lowest BCUT2D eigenvalue weighted by Crippen LogP contribution is -2.14. The van der Waals surface area contributed by atoms with E-state index >= 15 is 0 Å². The molecule has 0 aliphatic heterocycles. The zero-order chi connectivity index (χ0) is 20.0. The van der Waals surface area contributed by atoms with Gasteiger partial charge in [0.2, 0.25) is 0 Å². The van der Waals surface area contributed by atoms with Crippen molar-refractivity contribution < 1.29 is 14.5 Å². The van der Waals surface area contributed by atoms with Crippen LogP contribution in [0.15, 0.2) is 46.4 Å². The Morgan fingerprint density at radius 3 is 2.70 bits per heavy atom. The molecule has 2 aromatic rings. The van der Waals surface area contributed by atoms with Crippen molar-refractivity contribution in [3.05, 3.63) is 67.7 Å². The van der Waals surface area contributed by atoms with Crippen molar-refractivity contribution in [1.82, 2.24) is 0 Å². The summed E-state index contributed by atoms with van der Waals surface area (Å²) < 4.78 is 6.30. The maximum atomic E-state index is 12.5. The third kappa shape index (κ3) is 5.15. The van der Waals surface area contributed by atoms with Gasteiger partial charge in [-0.05, 0) is 49.8 Å². The number of non-ortho nitro benzene ring substituents is 1. The van der Waals surface area contributed by atoms with Crippen molar-refractivity contribution in [1.29, 1.82) is 5.26 Å². The second kappa shape index (κ2) is 8.96. The van der Waals surface area contributed by atoms with E-state index in [0.717, 1.165) is 4.47 Å². The number of nitrogens with zero attached hydrogens (tertiary/aromatic N) is 2. The minimum absolute atomic E-state index is 0.0722. The fourth-order valence-electron chi connectivity index (χ4n) is 2.31. The predicted molar refractivity (Wildman–Crippen MR) is 105 cm³/mol. The van der Waals surface area contributed by atoms with E-state index in [1.165, 1.54) is 24.3 Å². The molecule has 27 heavy (non-hydrogen) atoms. The summed E-state index contributed by atoms with van der Waals surface area (Å²) in [5, 5.41) is 22.8. The van der Waals surface area contributed by atoms with Crippen LogP contribution in [0.3, 0.4) is 0 Å². The van der Waals surface area contributed by atoms with Crippen molar-refractivity contribution in [3.8, 4) is 11.8 Å². The van der Waals surface area contributed by atoms with E-state index in [0.29, 0.717) is 29.2 Å². The molecule has 0 fully saturated rings. The highest BCUT2D eigenvalue weighted by Gasteiger charge is 2.14. The summed E-state index contributed by atoms with van der Waals surface area (Å²) in [7, 11) is 0. The van der Waals surface area contributed by atoms with Crippen LogP contribution in [0.1, 0.15) is 18.1 Å². The van der Waals surface area contributed by atoms with Gasteiger partial charge in [0.15, 0.2) is 0 Å². The Labute approximate surface area is 164 Å². The van der Waals surface area contributed by atoms with Gasteiger partial charge in [-0.15, -0.1) is 0 Å². The van der Waals surface area contributed by atoms with Gasteiger partial charge in [-0.25, -0.2) is 0 Å². The largest absolute Gasteiger partial charge is 0.493 e. The fourth-order valence-corrected chi connectivity index (χ4v) is 2.69. The van der Waals surface area contributed by atoms with Crippen LogP contribution in [-0.4, -0.2) is 17.4 Å². The molecule has 2 aromatic carbocycles. The molecule has 138 valence electrons. The Balaban J connectivity index is 2.32. The van der Waals surface area contributed by atoms with Crippen LogP contribution < -0.4 is 10.1 Å². The summed E-state index contributed by atoms with van der Waals surface area (Å²) in [6, 6.07) is 11.2. The number of hydrogen-bond acceptors (Lipinski definition) is 5. The molecule has 0 saturated carbocycles. The fraction of sp³-hybridized carbons (Fsp3) is 0.158. The summed E-state index contributed by atoms with van der Waals surface area (Å²) in [4.78, 5) is 22.8. The maximum absolute atomic E-state index is 12.5. The molecule has 1 N–H and O–H groups in total. The quantitative estimate of drug-likeness (QED) is 0.312. The van der Waals surface area contributed by atoms with Crippen LogP contribution in [0, 0.1) is 28.4 Å². The molecule has 2 rings (SSSR count). The van der Waals surface area contributed by atoms with Crippen LogP contribution in [0.25, 0.3) is 6.08 Å². The molecule has 7 nitrogen and oxygen atoms in total. The highest BCUT2D eigenvalue weighted by molar-refractivity contribution is 9.10. The monoisotopic (exact) mass is 429 g/mol. The maximum Gasteiger partial charge on any atom is 0.269 e. The number of benzene rings is 2. The Morgan fingerprint density at radius 1 is 1.37 bits per heavy atom. The number of rotatable bonds is 6. The van der Waals surface area contributed by atoms with Crippen LogP contribution in [0.2, 0.25) is 0 Å². The standard InChI is InChI=1S/C19H16BrN3O4/c1-3-27-18-7-4-15(20)10-13(18)9-14(11-21)19(24)22-17-6-5-16(23(25)26)8-12(17)2/h4-10H,3H2,1-2H3,(H,22,24)/b14-9+. The van der Waals surface area contributed by atoms with E-state index in [-0.39, 0.29) is 11.3 Å². The van der Waals surface area contributed by atoms with E-state index in [1.54, 1.807) is 25.1 Å². The number of carbonyl (C=O) groups excluding carboxylic acids is 1. The van der Waals surface area contributed by atoms with Crippen LogP contribution in [0.4, 0.5) is 11.4 Å². The summed E-state index contributed by atoms with van der Waals surface area (Å²) in [5.41, 5.74) is 1.31. The Kier molecular flexibility index (Phi) is 6.68. The Bertz CT molecular complexity index is 964. The number of nitrogens with one attached hydrogen (secondary N) is 1. The van der Waals surface area contributed by atoms with Crippen LogP contribution >= 0.6 is 15.9 Å². The molecule has 1 amide bonds. The van der Waals surface area contributed by atoms with E-state index < -0.39 is 10.8 Å². The van der Waals surface area contributed by atoms with E-state index in [9.17, 15) is 20.2 Å². The lowest BCUT2D eigenvalue weighted by molar-refractivity contribution is -0.384. The number of hydrogen-bond donors (Lipinski definition) is 1. The number of halogens is 1. The van der Waals surface area contributed by atoms with Crippen molar-refractivity contribution in [3.63, 3.8) is 0 Å². The van der Waals surface area contributed by atoms with Gasteiger partial charge in [0.25, 0.3) is 11.6 Å². The van der Waals surface area contributed by atoms with Gasteiger partial charge >= 0.3 is 0 Å². The normalized spacial score (nSPS) is 10.8. The molecule has 0 saturated heterocycles.